The summed E-state index contributed by atoms with van der Waals surface area (Å²) in [5, 5.41) is 0.334. The van der Waals surface area contributed by atoms with E-state index >= 15 is 0 Å². The highest BCUT2D eigenvalue weighted by molar-refractivity contribution is 6.44. The largest absolute Gasteiger partial charge is 0.399 e. The van der Waals surface area contributed by atoms with Gasteiger partial charge in [-0.15, -0.1) is 0 Å². The average Bonchev–Trinajstić information content (AvgIpc) is 2.43. The normalized spacial score (nSPS) is 10.5. The maximum atomic E-state index is 13.3. The van der Waals surface area contributed by atoms with Crippen molar-refractivity contribution in [1.29, 1.82) is 0 Å². The van der Waals surface area contributed by atoms with Crippen LogP contribution in [0.15, 0.2) is 36.4 Å². The molecule has 0 heterocycles. The third kappa shape index (κ3) is 3.28. The van der Waals surface area contributed by atoms with Crippen molar-refractivity contribution in [1.82, 2.24) is 0 Å². The Kier molecular flexibility index (Phi) is 4.70. The van der Waals surface area contributed by atoms with Crippen molar-refractivity contribution in [3.63, 3.8) is 0 Å². The van der Waals surface area contributed by atoms with Gasteiger partial charge in [0.25, 0.3) is 5.91 Å². The van der Waals surface area contributed by atoms with Gasteiger partial charge in [-0.3, -0.25) is 4.79 Å². The zero-order chi connectivity index (χ0) is 15.6. The van der Waals surface area contributed by atoms with Crippen LogP contribution in [0.2, 0.25) is 10.0 Å². The Morgan fingerprint density at radius 2 is 2.00 bits per heavy atom. The summed E-state index contributed by atoms with van der Waals surface area (Å²) in [4.78, 5) is 14.0. The van der Waals surface area contributed by atoms with E-state index in [0.29, 0.717) is 17.9 Å². The van der Waals surface area contributed by atoms with E-state index in [1.807, 2.05) is 0 Å². The van der Waals surface area contributed by atoms with Crippen molar-refractivity contribution in [2.75, 3.05) is 17.2 Å². The molecule has 110 valence electrons. The van der Waals surface area contributed by atoms with Crippen LogP contribution in [0.4, 0.5) is 15.8 Å². The van der Waals surface area contributed by atoms with Gasteiger partial charge in [-0.25, -0.2) is 4.39 Å². The molecule has 0 aliphatic heterocycles. The van der Waals surface area contributed by atoms with Crippen molar-refractivity contribution >= 4 is 40.5 Å². The van der Waals surface area contributed by atoms with Crippen LogP contribution in [0, 0.1) is 5.82 Å². The summed E-state index contributed by atoms with van der Waals surface area (Å²) >= 11 is 12.0. The lowest BCUT2D eigenvalue weighted by atomic mass is 10.1. The molecule has 2 aromatic rings. The number of nitrogen functional groups attached to an aromatic ring is 1. The lowest BCUT2D eigenvalue weighted by Gasteiger charge is -2.22. The van der Waals surface area contributed by atoms with E-state index in [2.05, 4.69) is 0 Å². The van der Waals surface area contributed by atoms with Gasteiger partial charge in [0, 0.05) is 17.9 Å². The van der Waals surface area contributed by atoms with Gasteiger partial charge >= 0.3 is 0 Å². The van der Waals surface area contributed by atoms with E-state index in [1.165, 1.54) is 35.2 Å². The molecule has 6 heteroatoms. The van der Waals surface area contributed by atoms with E-state index in [4.69, 9.17) is 28.9 Å². The highest BCUT2D eigenvalue weighted by Crippen LogP contribution is 2.30. The average molecular weight is 327 g/mol. The van der Waals surface area contributed by atoms with Crippen LogP contribution in [-0.4, -0.2) is 12.5 Å². The van der Waals surface area contributed by atoms with E-state index < -0.39 is 5.82 Å². The maximum Gasteiger partial charge on any atom is 0.259 e. The van der Waals surface area contributed by atoms with Crippen LogP contribution in [0.25, 0.3) is 0 Å². The molecule has 0 unspecified atom stereocenters. The standard InChI is InChI=1S/C15H13Cl2FN2O/c1-2-20(11-5-3-4-9(18)6-11)15(21)12-7-10(19)8-13(16)14(12)17/h3-8H,2,19H2,1H3. The molecule has 2 rings (SSSR count). The fourth-order valence-electron chi connectivity index (χ4n) is 2.00. The monoisotopic (exact) mass is 326 g/mol. The predicted octanol–water partition coefficient (Wildman–Crippen LogP) is 4.38. The SMILES string of the molecule is CCN(C(=O)c1cc(N)cc(Cl)c1Cl)c1cccc(F)c1. The van der Waals surface area contributed by atoms with Crippen LogP contribution in [-0.2, 0) is 0 Å². The predicted molar refractivity (Wildman–Crippen MR) is 84.6 cm³/mol. The summed E-state index contributed by atoms with van der Waals surface area (Å²) < 4.78 is 13.3. The Morgan fingerprint density at radius 3 is 2.62 bits per heavy atom. The van der Waals surface area contributed by atoms with Gasteiger partial charge in [0.15, 0.2) is 0 Å². The van der Waals surface area contributed by atoms with Crippen molar-refractivity contribution < 1.29 is 9.18 Å². The lowest BCUT2D eigenvalue weighted by molar-refractivity contribution is 0.0988. The molecule has 0 aliphatic carbocycles. The molecule has 2 N–H and O–H groups in total. The van der Waals surface area contributed by atoms with Gasteiger partial charge in [0.2, 0.25) is 0 Å². The summed E-state index contributed by atoms with van der Waals surface area (Å²) in [5.41, 5.74) is 6.66. The lowest BCUT2D eigenvalue weighted by Crippen LogP contribution is -2.31. The number of amides is 1. The number of hydrogen-bond acceptors (Lipinski definition) is 2. The molecule has 0 fully saturated rings. The van der Waals surface area contributed by atoms with Crippen molar-refractivity contribution in [3.8, 4) is 0 Å². The zero-order valence-electron chi connectivity index (χ0n) is 11.2. The first-order chi connectivity index (χ1) is 9.93. The van der Waals surface area contributed by atoms with Crippen molar-refractivity contribution in [3.05, 3.63) is 57.8 Å². The number of nitrogens with zero attached hydrogens (tertiary/aromatic N) is 1. The molecule has 0 bridgehead atoms. The molecule has 0 aliphatic rings. The highest BCUT2D eigenvalue weighted by Gasteiger charge is 2.21. The Hall–Kier alpha value is -1.78. The number of carbonyl (C=O) groups excluding carboxylic acids is 1. The van der Waals surface area contributed by atoms with Crippen molar-refractivity contribution in [2.24, 2.45) is 0 Å². The summed E-state index contributed by atoms with van der Waals surface area (Å²) in [6.45, 7) is 2.13. The molecule has 1 amide bonds. The summed E-state index contributed by atoms with van der Waals surface area (Å²) in [6.07, 6.45) is 0. The van der Waals surface area contributed by atoms with E-state index in [0.717, 1.165) is 0 Å². The number of halogens is 3. The molecule has 0 saturated carbocycles. The molecule has 0 spiro atoms. The number of anilines is 2. The Balaban J connectivity index is 2.46. The minimum Gasteiger partial charge on any atom is -0.399 e. The van der Waals surface area contributed by atoms with Crippen LogP contribution in [0.1, 0.15) is 17.3 Å². The highest BCUT2D eigenvalue weighted by atomic mass is 35.5. The van der Waals surface area contributed by atoms with Crippen LogP contribution in [0.3, 0.4) is 0 Å². The first-order valence-corrected chi connectivity index (χ1v) is 7.01. The molecular weight excluding hydrogens is 314 g/mol. The summed E-state index contributed by atoms with van der Waals surface area (Å²) in [7, 11) is 0. The minimum absolute atomic E-state index is 0.130. The summed E-state index contributed by atoms with van der Waals surface area (Å²) in [6, 6.07) is 8.70. The molecule has 21 heavy (non-hydrogen) atoms. The van der Waals surface area contributed by atoms with Gasteiger partial charge in [-0.05, 0) is 37.3 Å². The van der Waals surface area contributed by atoms with Crippen molar-refractivity contribution in [2.45, 2.75) is 6.92 Å². The Bertz CT molecular complexity index is 691. The minimum atomic E-state index is -0.421. The van der Waals surface area contributed by atoms with Gasteiger partial charge in [-0.2, -0.15) is 0 Å². The quantitative estimate of drug-likeness (QED) is 0.850. The number of carbonyl (C=O) groups is 1. The smallest absolute Gasteiger partial charge is 0.259 e. The number of nitrogens with two attached hydrogens (primary N) is 1. The second-order valence-electron chi connectivity index (χ2n) is 4.39. The number of rotatable bonds is 3. The van der Waals surface area contributed by atoms with E-state index in [1.54, 1.807) is 13.0 Å². The van der Waals surface area contributed by atoms with Gasteiger partial charge in [0.1, 0.15) is 5.82 Å². The molecule has 0 atom stereocenters. The zero-order valence-corrected chi connectivity index (χ0v) is 12.7. The molecular formula is C15H13Cl2FN2O. The first-order valence-electron chi connectivity index (χ1n) is 6.26. The molecule has 0 radical (unpaired) electrons. The Labute approximate surface area is 132 Å². The molecule has 0 aromatic heterocycles. The van der Waals surface area contributed by atoms with Gasteiger partial charge in [0.05, 0.1) is 15.6 Å². The van der Waals surface area contributed by atoms with Gasteiger partial charge < -0.3 is 10.6 Å². The van der Waals surface area contributed by atoms with Crippen LogP contribution >= 0.6 is 23.2 Å². The fourth-order valence-corrected chi connectivity index (χ4v) is 2.42. The molecule has 0 saturated heterocycles. The second kappa shape index (κ2) is 6.33. The number of benzene rings is 2. The van der Waals surface area contributed by atoms with Gasteiger partial charge in [-0.1, -0.05) is 29.3 Å². The van der Waals surface area contributed by atoms with Crippen LogP contribution in [0.5, 0.6) is 0 Å². The molecule has 3 nitrogen and oxygen atoms in total. The Morgan fingerprint density at radius 1 is 1.29 bits per heavy atom. The number of hydrogen-bond donors (Lipinski definition) is 1. The summed E-state index contributed by atoms with van der Waals surface area (Å²) in [5.74, 6) is -0.808. The third-order valence-corrected chi connectivity index (χ3v) is 3.76. The third-order valence-electron chi connectivity index (χ3n) is 2.96. The van der Waals surface area contributed by atoms with Crippen LogP contribution < -0.4 is 10.6 Å². The second-order valence-corrected chi connectivity index (χ2v) is 5.18. The first kappa shape index (κ1) is 15.6. The van der Waals surface area contributed by atoms with E-state index in [-0.39, 0.29) is 21.5 Å². The molecule has 2 aromatic carbocycles. The van der Waals surface area contributed by atoms with E-state index in [9.17, 15) is 9.18 Å². The maximum absolute atomic E-state index is 13.3. The topological polar surface area (TPSA) is 46.3 Å². The fraction of sp³-hybridized carbons (Fsp3) is 0.133.